The van der Waals surface area contributed by atoms with Gasteiger partial charge in [0.15, 0.2) is 0 Å². The fraction of sp³-hybridized carbons (Fsp3) is 0.222. The zero-order valence-corrected chi connectivity index (χ0v) is 14.4. The fourth-order valence-electron chi connectivity index (χ4n) is 2.81. The van der Waals surface area contributed by atoms with Gasteiger partial charge < -0.3 is 9.94 Å². The third kappa shape index (κ3) is 3.55. The van der Waals surface area contributed by atoms with Crippen molar-refractivity contribution in [2.45, 2.75) is 19.8 Å². The van der Waals surface area contributed by atoms with Crippen LogP contribution in [0.15, 0.2) is 41.6 Å². The van der Waals surface area contributed by atoms with E-state index in [4.69, 9.17) is 28.0 Å². The second kappa shape index (κ2) is 6.83. The molecule has 1 atom stereocenters. The molecule has 0 fully saturated rings. The average Bonchev–Trinajstić information content (AvgIpc) is 2.51. The maximum atomic E-state index is 12.2. The first-order valence-electron chi connectivity index (χ1n) is 7.49. The quantitative estimate of drug-likeness (QED) is 0.613. The minimum absolute atomic E-state index is 0.209. The molecule has 124 valence electrons. The number of hydrogen-bond donors (Lipinski definition) is 1. The highest BCUT2D eigenvalue weighted by molar-refractivity contribution is 6.36. The maximum Gasteiger partial charge on any atom is 0.367 e. The lowest BCUT2D eigenvalue weighted by Gasteiger charge is -2.22. The standard InChI is InChI=1S/C18H15Cl2NO3/c1-10-6-11-8-13(22)3-5-14(11)17(7-10)21-24-18(23)15-4-2-12(19)9-16(15)20/h2-5,8-10,22H,6-7H2,1H3/b21-17-/t10-/m0/s1. The van der Waals surface area contributed by atoms with Crippen molar-refractivity contribution in [3.63, 3.8) is 0 Å². The number of aromatic hydroxyl groups is 1. The van der Waals surface area contributed by atoms with E-state index < -0.39 is 5.97 Å². The number of fused-ring (bicyclic) bond motifs is 1. The summed E-state index contributed by atoms with van der Waals surface area (Å²) in [5.41, 5.74) is 2.77. The molecule has 0 bridgehead atoms. The molecule has 0 heterocycles. The minimum atomic E-state index is -0.636. The zero-order valence-electron chi connectivity index (χ0n) is 12.9. The van der Waals surface area contributed by atoms with Crippen LogP contribution in [0, 0.1) is 5.92 Å². The van der Waals surface area contributed by atoms with Gasteiger partial charge >= 0.3 is 5.97 Å². The van der Waals surface area contributed by atoms with Crippen molar-refractivity contribution < 1.29 is 14.7 Å². The largest absolute Gasteiger partial charge is 0.508 e. The van der Waals surface area contributed by atoms with Crippen LogP contribution in [0.1, 0.15) is 34.8 Å². The summed E-state index contributed by atoms with van der Waals surface area (Å²) in [5.74, 6) is -0.0780. The molecule has 0 unspecified atom stereocenters. The normalized spacial score (nSPS) is 18.3. The highest BCUT2D eigenvalue weighted by Crippen LogP contribution is 2.29. The summed E-state index contributed by atoms with van der Waals surface area (Å²) in [7, 11) is 0. The van der Waals surface area contributed by atoms with Crippen LogP contribution in [0.25, 0.3) is 0 Å². The fourth-order valence-corrected chi connectivity index (χ4v) is 3.29. The van der Waals surface area contributed by atoms with Crippen molar-refractivity contribution in [3.8, 4) is 5.75 Å². The van der Waals surface area contributed by atoms with Crippen molar-refractivity contribution in [1.82, 2.24) is 0 Å². The van der Waals surface area contributed by atoms with Gasteiger partial charge in [-0.15, -0.1) is 0 Å². The van der Waals surface area contributed by atoms with Crippen LogP contribution in [0.5, 0.6) is 5.75 Å². The number of carbonyl (C=O) groups excluding carboxylic acids is 1. The zero-order chi connectivity index (χ0) is 17.3. The van der Waals surface area contributed by atoms with E-state index in [-0.39, 0.29) is 16.3 Å². The molecule has 2 aromatic carbocycles. The second-order valence-corrected chi connectivity index (χ2v) is 6.74. The Labute approximate surface area is 149 Å². The van der Waals surface area contributed by atoms with Crippen molar-refractivity contribution in [1.29, 1.82) is 0 Å². The molecule has 0 radical (unpaired) electrons. The van der Waals surface area contributed by atoms with Gasteiger partial charge in [-0.1, -0.05) is 35.3 Å². The van der Waals surface area contributed by atoms with Crippen LogP contribution in [0.3, 0.4) is 0 Å². The van der Waals surface area contributed by atoms with Crippen LogP contribution < -0.4 is 0 Å². The van der Waals surface area contributed by atoms with Gasteiger partial charge in [0.05, 0.1) is 16.3 Å². The molecule has 0 saturated heterocycles. The van der Waals surface area contributed by atoms with E-state index in [1.54, 1.807) is 24.3 Å². The van der Waals surface area contributed by atoms with Gasteiger partial charge in [0.2, 0.25) is 0 Å². The minimum Gasteiger partial charge on any atom is -0.508 e. The first-order valence-corrected chi connectivity index (χ1v) is 8.25. The number of nitrogens with zero attached hydrogens (tertiary/aromatic N) is 1. The number of phenolic OH excluding ortho intramolecular Hbond substituents is 1. The van der Waals surface area contributed by atoms with E-state index in [2.05, 4.69) is 12.1 Å². The van der Waals surface area contributed by atoms with Gasteiger partial charge in [-0.25, -0.2) is 4.79 Å². The topological polar surface area (TPSA) is 58.9 Å². The van der Waals surface area contributed by atoms with Crippen LogP contribution in [0.4, 0.5) is 0 Å². The number of hydrogen-bond acceptors (Lipinski definition) is 4. The second-order valence-electron chi connectivity index (χ2n) is 5.90. The van der Waals surface area contributed by atoms with E-state index >= 15 is 0 Å². The van der Waals surface area contributed by atoms with Crippen LogP contribution >= 0.6 is 23.2 Å². The van der Waals surface area contributed by atoms with Crippen LogP contribution in [-0.2, 0) is 11.3 Å². The summed E-state index contributed by atoms with van der Waals surface area (Å²) in [6.07, 6.45) is 1.54. The molecule has 24 heavy (non-hydrogen) atoms. The van der Waals surface area contributed by atoms with Gasteiger partial charge in [-0.3, -0.25) is 0 Å². The van der Waals surface area contributed by atoms with Crippen LogP contribution in [-0.4, -0.2) is 16.8 Å². The molecule has 1 aliphatic rings. The van der Waals surface area contributed by atoms with E-state index in [0.717, 1.165) is 17.5 Å². The summed E-state index contributed by atoms with van der Waals surface area (Å²) in [6.45, 7) is 2.08. The molecule has 0 amide bonds. The lowest BCUT2D eigenvalue weighted by molar-refractivity contribution is 0.0515. The van der Waals surface area contributed by atoms with E-state index in [1.165, 1.54) is 12.1 Å². The number of phenols is 1. The van der Waals surface area contributed by atoms with E-state index in [1.807, 2.05) is 0 Å². The number of oxime groups is 1. The molecule has 6 heteroatoms. The molecule has 0 aromatic heterocycles. The highest BCUT2D eigenvalue weighted by Gasteiger charge is 2.22. The van der Waals surface area contributed by atoms with Crippen molar-refractivity contribution >= 4 is 34.9 Å². The smallest absolute Gasteiger partial charge is 0.367 e. The van der Waals surface area contributed by atoms with Crippen molar-refractivity contribution in [2.24, 2.45) is 11.1 Å². The molecule has 0 spiro atoms. The Morgan fingerprint density at radius 1 is 1.21 bits per heavy atom. The first-order chi connectivity index (χ1) is 11.4. The molecule has 0 saturated carbocycles. The summed E-state index contributed by atoms with van der Waals surface area (Å²) in [5, 5.41) is 14.3. The SMILES string of the molecule is C[C@@H]1C/C(=N/OC(=O)c2ccc(Cl)cc2Cl)c2ccc(O)cc2C1. The highest BCUT2D eigenvalue weighted by atomic mass is 35.5. The van der Waals surface area contributed by atoms with Crippen molar-refractivity contribution in [3.05, 3.63) is 63.1 Å². The maximum absolute atomic E-state index is 12.2. The summed E-state index contributed by atoms with van der Waals surface area (Å²) in [6, 6.07) is 9.66. The number of benzene rings is 2. The summed E-state index contributed by atoms with van der Waals surface area (Å²) >= 11 is 11.8. The van der Waals surface area contributed by atoms with E-state index in [9.17, 15) is 9.90 Å². The lowest BCUT2D eigenvalue weighted by Crippen LogP contribution is -2.19. The lowest BCUT2D eigenvalue weighted by atomic mass is 9.83. The molecular formula is C18H15Cl2NO3. The number of halogens is 2. The number of rotatable bonds is 2. The molecule has 4 nitrogen and oxygen atoms in total. The Balaban J connectivity index is 1.85. The Morgan fingerprint density at radius 3 is 2.75 bits per heavy atom. The van der Waals surface area contributed by atoms with Crippen molar-refractivity contribution in [2.75, 3.05) is 0 Å². The monoisotopic (exact) mass is 363 g/mol. The number of carbonyl (C=O) groups is 1. The third-order valence-electron chi connectivity index (χ3n) is 3.90. The molecule has 0 aliphatic heterocycles. The summed E-state index contributed by atoms with van der Waals surface area (Å²) in [4.78, 5) is 17.3. The van der Waals surface area contributed by atoms with Gasteiger partial charge in [0, 0.05) is 10.6 Å². The van der Waals surface area contributed by atoms with Gasteiger partial charge in [-0.2, -0.15) is 0 Å². The predicted octanol–water partition coefficient (Wildman–Crippen LogP) is 4.84. The Bertz CT molecular complexity index is 833. The van der Waals surface area contributed by atoms with Gasteiger partial charge in [-0.05, 0) is 60.7 Å². The van der Waals surface area contributed by atoms with Gasteiger partial charge in [0.25, 0.3) is 0 Å². The Hall–Kier alpha value is -2.04. The molecule has 3 rings (SSSR count). The Kier molecular flexibility index (Phi) is 4.78. The average molecular weight is 364 g/mol. The van der Waals surface area contributed by atoms with E-state index in [0.29, 0.717) is 23.1 Å². The predicted molar refractivity (Wildman–Crippen MR) is 94.0 cm³/mol. The first kappa shape index (κ1) is 16.8. The third-order valence-corrected chi connectivity index (χ3v) is 4.45. The molecular weight excluding hydrogens is 349 g/mol. The summed E-state index contributed by atoms with van der Waals surface area (Å²) < 4.78 is 0. The van der Waals surface area contributed by atoms with Crippen LogP contribution in [0.2, 0.25) is 10.0 Å². The Morgan fingerprint density at radius 2 is 2.00 bits per heavy atom. The van der Waals surface area contributed by atoms with Gasteiger partial charge in [0.1, 0.15) is 5.75 Å². The molecule has 2 aromatic rings. The molecule has 1 N–H and O–H groups in total. The molecule has 1 aliphatic carbocycles.